The second-order valence-electron chi connectivity index (χ2n) is 17.8. The zero-order valence-electron chi connectivity index (χ0n) is 41.4. The summed E-state index contributed by atoms with van der Waals surface area (Å²) in [4.78, 5) is 25.4. The Kier molecular flexibility index (Phi) is 50.9. The lowest BCUT2D eigenvalue weighted by molar-refractivity contribution is -0.163. The van der Waals surface area contributed by atoms with Crippen LogP contribution in [0.4, 0.5) is 0 Å². The molecule has 0 heterocycles. The van der Waals surface area contributed by atoms with Gasteiger partial charge in [0.2, 0.25) is 0 Å². The van der Waals surface area contributed by atoms with Crippen LogP contribution in [0.1, 0.15) is 265 Å². The maximum atomic E-state index is 12.8. The number of hydrogen-bond acceptors (Lipinski definition) is 5. The summed E-state index contributed by atoms with van der Waals surface area (Å²) in [6, 6.07) is 0. The van der Waals surface area contributed by atoms with Gasteiger partial charge >= 0.3 is 11.9 Å². The summed E-state index contributed by atoms with van der Waals surface area (Å²) in [5.74, 6) is -0.415. The van der Waals surface area contributed by atoms with Gasteiger partial charge in [-0.15, -0.1) is 0 Å². The minimum absolute atomic E-state index is 0.0698. The molecule has 0 spiro atoms. The molecule has 0 radical (unpaired) electrons. The molecule has 0 amide bonds. The van der Waals surface area contributed by atoms with Crippen LogP contribution in [-0.4, -0.2) is 37.9 Å². The number of ether oxygens (including phenoxy) is 3. The van der Waals surface area contributed by atoms with Gasteiger partial charge in [-0.1, -0.05) is 229 Å². The third-order valence-electron chi connectivity index (χ3n) is 11.5. The van der Waals surface area contributed by atoms with Gasteiger partial charge in [0.25, 0.3) is 0 Å². The van der Waals surface area contributed by atoms with E-state index in [2.05, 4.69) is 81.5 Å². The zero-order chi connectivity index (χ0) is 44.9. The summed E-state index contributed by atoms with van der Waals surface area (Å²) in [5, 5.41) is 0. The van der Waals surface area contributed by atoms with Crippen molar-refractivity contribution in [3.8, 4) is 0 Å². The maximum absolute atomic E-state index is 12.8. The van der Waals surface area contributed by atoms with E-state index < -0.39 is 6.10 Å². The summed E-state index contributed by atoms with van der Waals surface area (Å²) >= 11 is 0. The first kappa shape index (κ1) is 59.6. The van der Waals surface area contributed by atoms with E-state index in [9.17, 15) is 9.59 Å². The maximum Gasteiger partial charge on any atom is 0.306 e. The molecule has 0 aromatic rings. The first-order chi connectivity index (χ1) is 30.6. The Morgan fingerprint density at radius 2 is 0.726 bits per heavy atom. The molecule has 5 nitrogen and oxygen atoms in total. The monoisotopic (exact) mass is 867 g/mol. The molecule has 0 bridgehead atoms. The van der Waals surface area contributed by atoms with Gasteiger partial charge in [0.1, 0.15) is 6.61 Å². The zero-order valence-corrected chi connectivity index (χ0v) is 41.4. The van der Waals surface area contributed by atoms with Crippen molar-refractivity contribution in [3.63, 3.8) is 0 Å². The van der Waals surface area contributed by atoms with Crippen molar-refractivity contribution < 1.29 is 23.8 Å². The van der Waals surface area contributed by atoms with Crippen LogP contribution >= 0.6 is 0 Å². The summed E-state index contributed by atoms with van der Waals surface area (Å²) < 4.78 is 17.4. The van der Waals surface area contributed by atoms with E-state index >= 15 is 0 Å². The largest absolute Gasteiger partial charge is 0.462 e. The third-order valence-corrected chi connectivity index (χ3v) is 11.5. The van der Waals surface area contributed by atoms with Gasteiger partial charge in [0.05, 0.1) is 6.61 Å². The summed E-state index contributed by atoms with van der Waals surface area (Å²) in [6.45, 7) is 7.66. The van der Waals surface area contributed by atoms with Crippen LogP contribution in [0.25, 0.3) is 0 Å². The van der Waals surface area contributed by atoms with E-state index in [1.807, 2.05) is 0 Å². The Labute approximate surface area is 385 Å². The van der Waals surface area contributed by atoms with Crippen molar-refractivity contribution >= 4 is 11.9 Å². The minimum atomic E-state index is -0.554. The SMILES string of the molecule is CC/C=C\C/C=C\C/C=C\C/C=C\CCCCCOCC(COC(=O)CCCCCCC/C=C\CCCCCCCC)OC(=O)CCCCCCCCCCCCCCCCC. The molecule has 0 fully saturated rings. The van der Waals surface area contributed by atoms with Crippen LogP contribution in [0, 0.1) is 0 Å². The van der Waals surface area contributed by atoms with Crippen LogP contribution in [0.15, 0.2) is 60.8 Å². The molecule has 62 heavy (non-hydrogen) atoms. The van der Waals surface area contributed by atoms with E-state index in [1.54, 1.807) is 0 Å². The molecule has 0 N–H and O–H groups in total. The Bertz CT molecular complexity index is 1070. The summed E-state index contributed by atoms with van der Waals surface area (Å²) in [5.41, 5.74) is 0. The highest BCUT2D eigenvalue weighted by Gasteiger charge is 2.17. The van der Waals surface area contributed by atoms with E-state index in [0.717, 1.165) is 89.9 Å². The molecule has 0 saturated carbocycles. The Balaban J connectivity index is 4.32. The first-order valence-corrected chi connectivity index (χ1v) is 26.8. The number of allylic oxidation sites excluding steroid dienone is 10. The molecule has 0 aliphatic heterocycles. The summed E-state index contributed by atoms with van der Waals surface area (Å²) in [6.07, 6.45) is 66.6. The van der Waals surface area contributed by atoms with Crippen molar-refractivity contribution in [1.82, 2.24) is 0 Å². The standard InChI is InChI=1S/C57H102O5/c1-4-7-10-13-16-19-22-25-28-31-34-37-40-43-46-49-52-60-53-55(62-57(59)51-48-45-42-39-36-33-30-27-24-21-18-15-12-9-6-3)54-61-56(58)50-47-44-41-38-35-32-29-26-23-20-17-14-11-8-5-2/h7,10,16,19,25-26,28-29,34,37,55H,4-6,8-9,11-15,17-18,20-24,27,30-33,35-36,38-54H2,1-3H3/b10-7-,19-16-,28-25-,29-26-,37-34-. The van der Waals surface area contributed by atoms with Crippen LogP contribution in [-0.2, 0) is 23.8 Å². The predicted octanol–water partition coefficient (Wildman–Crippen LogP) is 18.1. The number of carbonyl (C=O) groups is 2. The Morgan fingerprint density at radius 1 is 0.371 bits per heavy atom. The van der Waals surface area contributed by atoms with Gasteiger partial charge in [-0.25, -0.2) is 0 Å². The fourth-order valence-corrected chi connectivity index (χ4v) is 7.56. The molecule has 0 aromatic carbocycles. The van der Waals surface area contributed by atoms with Crippen LogP contribution in [0.2, 0.25) is 0 Å². The molecule has 0 rings (SSSR count). The molecular weight excluding hydrogens is 765 g/mol. The van der Waals surface area contributed by atoms with Crippen molar-refractivity contribution in [2.45, 2.75) is 271 Å². The molecular formula is C57H102O5. The van der Waals surface area contributed by atoms with Crippen LogP contribution < -0.4 is 0 Å². The van der Waals surface area contributed by atoms with Crippen molar-refractivity contribution in [2.75, 3.05) is 19.8 Å². The lowest BCUT2D eigenvalue weighted by atomic mass is 10.0. The van der Waals surface area contributed by atoms with Gasteiger partial charge in [-0.05, 0) is 83.5 Å². The predicted molar refractivity (Wildman–Crippen MR) is 270 cm³/mol. The topological polar surface area (TPSA) is 61.8 Å². The fraction of sp³-hybridized carbons (Fsp3) is 0.789. The van der Waals surface area contributed by atoms with E-state index in [0.29, 0.717) is 19.4 Å². The van der Waals surface area contributed by atoms with Crippen LogP contribution in [0.5, 0.6) is 0 Å². The number of rotatable bonds is 49. The molecule has 1 atom stereocenters. The number of unbranched alkanes of at least 4 members (excludes halogenated alkanes) is 28. The van der Waals surface area contributed by atoms with Crippen molar-refractivity contribution in [3.05, 3.63) is 60.8 Å². The van der Waals surface area contributed by atoms with Gasteiger partial charge in [-0.2, -0.15) is 0 Å². The minimum Gasteiger partial charge on any atom is -0.462 e. The fourth-order valence-electron chi connectivity index (χ4n) is 7.56. The van der Waals surface area contributed by atoms with Gasteiger partial charge in [0, 0.05) is 19.4 Å². The molecule has 0 aliphatic carbocycles. The molecule has 1 unspecified atom stereocenters. The molecule has 0 aliphatic rings. The molecule has 0 aromatic heterocycles. The second kappa shape index (κ2) is 52.9. The molecule has 0 saturated heterocycles. The lowest BCUT2D eigenvalue weighted by Crippen LogP contribution is -2.30. The van der Waals surface area contributed by atoms with Gasteiger partial charge < -0.3 is 14.2 Å². The van der Waals surface area contributed by atoms with Crippen molar-refractivity contribution in [2.24, 2.45) is 0 Å². The van der Waals surface area contributed by atoms with E-state index in [-0.39, 0.29) is 25.2 Å². The number of carbonyl (C=O) groups excluding carboxylic acids is 2. The van der Waals surface area contributed by atoms with E-state index in [4.69, 9.17) is 14.2 Å². The Morgan fingerprint density at radius 3 is 1.18 bits per heavy atom. The highest BCUT2D eigenvalue weighted by Crippen LogP contribution is 2.15. The molecule has 5 heteroatoms. The second-order valence-corrected chi connectivity index (χ2v) is 17.8. The van der Waals surface area contributed by atoms with Gasteiger partial charge in [-0.3, -0.25) is 9.59 Å². The summed E-state index contributed by atoms with van der Waals surface area (Å²) in [7, 11) is 0. The quantitative estimate of drug-likeness (QED) is 0.0346. The molecule has 360 valence electrons. The Hall–Kier alpha value is -2.40. The lowest BCUT2D eigenvalue weighted by Gasteiger charge is -2.18. The third kappa shape index (κ3) is 50.2. The highest BCUT2D eigenvalue weighted by molar-refractivity contribution is 5.70. The average molecular weight is 867 g/mol. The first-order valence-electron chi connectivity index (χ1n) is 26.8. The van der Waals surface area contributed by atoms with Crippen LogP contribution in [0.3, 0.4) is 0 Å². The normalized spacial score (nSPS) is 12.6. The number of esters is 2. The highest BCUT2D eigenvalue weighted by atomic mass is 16.6. The van der Waals surface area contributed by atoms with Crippen molar-refractivity contribution in [1.29, 1.82) is 0 Å². The average Bonchev–Trinajstić information content (AvgIpc) is 3.27. The van der Waals surface area contributed by atoms with Gasteiger partial charge in [0.15, 0.2) is 6.10 Å². The van der Waals surface area contributed by atoms with E-state index in [1.165, 1.54) is 141 Å². The smallest absolute Gasteiger partial charge is 0.306 e. The number of hydrogen-bond donors (Lipinski definition) is 0.